The molecule has 0 saturated heterocycles. The van der Waals surface area contributed by atoms with Gasteiger partial charge < -0.3 is 9.30 Å². The van der Waals surface area contributed by atoms with Gasteiger partial charge in [-0.05, 0) is 17.7 Å². The molecule has 2 aromatic rings. The first-order valence-electron chi connectivity index (χ1n) is 5.27. The number of para-hydroxylation sites is 2. The summed E-state index contributed by atoms with van der Waals surface area (Å²) in [6.07, 6.45) is 0. The lowest BCUT2D eigenvalue weighted by molar-refractivity contribution is 0.222. The van der Waals surface area contributed by atoms with E-state index in [4.69, 9.17) is 10.00 Å². The van der Waals surface area contributed by atoms with Crippen LogP contribution in [-0.4, -0.2) is 23.3 Å². The number of hydrogen-bond acceptors (Lipinski definition) is 3. The molecule has 4 heteroatoms. The number of aromatic nitrogens is 2. The molecule has 0 atom stereocenters. The Hall–Kier alpha value is -2.12. The Balaban J connectivity index is 2.44. The normalized spacial score (nSPS) is 10.4. The zero-order valence-electron chi connectivity index (χ0n) is 9.68. The van der Waals surface area contributed by atoms with E-state index >= 15 is 0 Å². The molecule has 17 heavy (non-hydrogen) atoms. The minimum atomic E-state index is 0.406. The van der Waals surface area contributed by atoms with Crippen molar-refractivity contribution in [2.45, 2.75) is 6.54 Å². The van der Waals surface area contributed by atoms with Gasteiger partial charge in [0.15, 0.2) is 0 Å². The van der Waals surface area contributed by atoms with Crippen molar-refractivity contribution in [1.29, 1.82) is 5.26 Å². The summed E-state index contributed by atoms with van der Waals surface area (Å²) in [5, 5.41) is 9.07. The van der Waals surface area contributed by atoms with E-state index in [-0.39, 0.29) is 0 Å². The second kappa shape index (κ2) is 4.81. The highest BCUT2D eigenvalue weighted by atomic mass is 16.5. The van der Waals surface area contributed by atoms with Gasteiger partial charge in [0.1, 0.15) is 6.07 Å². The Labute approximate surface area is 99.8 Å². The third kappa shape index (κ3) is 2.19. The number of hydrogen-bond donors (Lipinski definition) is 0. The summed E-state index contributed by atoms with van der Waals surface area (Å²) in [6.45, 7) is 4.95. The molecule has 1 aromatic carbocycles. The number of imidazole rings is 1. The standard InChI is InChI=1S/C13H13N3O/c1-10(9-17-2)8-16-12-6-4-3-5-11(12)15-13(16)7-14/h3-6H,1,8-9H2,2H3. The Bertz CT molecular complexity index is 592. The molecule has 0 aliphatic carbocycles. The molecule has 86 valence electrons. The van der Waals surface area contributed by atoms with Crippen molar-refractivity contribution < 1.29 is 4.74 Å². The number of ether oxygens (including phenoxy) is 1. The Morgan fingerprint density at radius 3 is 3.00 bits per heavy atom. The fourth-order valence-electron chi connectivity index (χ4n) is 1.79. The summed E-state index contributed by atoms with van der Waals surface area (Å²) in [6, 6.07) is 9.78. The van der Waals surface area contributed by atoms with Crippen LogP contribution >= 0.6 is 0 Å². The minimum Gasteiger partial charge on any atom is -0.380 e. The van der Waals surface area contributed by atoms with Crippen LogP contribution in [0, 0.1) is 11.3 Å². The van der Waals surface area contributed by atoms with Crippen molar-refractivity contribution in [1.82, 2.24) is 9.55 Å². The molecule has 0 amide bonds. The fourth-order valence-corrected chi connectivity index (χ4v) is 1.79. The predicted molar refractivity (Wildman–Crippen MR) is 65.5 cm³/mol. The van der Waals surface area contributed by atoms with Gasteiger partial charge in [-0.15, -0.1) is 0 Å². The molecule has 0 N–H and O–H groups in total. The first kappa shape index (κ1) is 11.4. The molecule has 1 heterocycles. The average Bonchev–Trinajstić information content (AvgIpc) is 2.68. The Kier molecular flexibility index (Phi) is 3.22. The molecule has 4 nitrogen and oxygen atoms in total. The van der Waals surface area contributed by atoms with Crippen molar-refractivity contribution in [3.63, 3.8) is 0 Å². The van der Waals surface area contributed by atoms with Crippen molar-refractivity contribution in [3.05, 3.63) is 42.2 Å². The molecule has 0 radical (unpaired) electrons. The molecular weight excluding hydrogens is 214 g/mol. The maximum absolute atomic E-state index is 9.07. The molecule has 2 rings (SSSR count). The Morgan fingerprint density at radius 1 is 1.53 bits per heavy atom. The first-order chi connectivity index (χ1) is 8.26. The summed E-state index contributed by atoms with van der Waals surface area (Å²) < 4.78 is 6.88. The third-order valence-electron chi connectivity index (χ3n) is 2.48. The van der Waals surface area contributed by atoms with E-state index in [2.05, 4.69) is 17.6 Å². The highest BCUT2D eigenvalue weighted by molar-refractivity contribution is 5.76. The van der Waals surface area contributed by atoms with Gasteiger partial charge in [0.25, 0.3) is 0 Å². The topological polar surface area (TPSA) is 50.8 Å². The summed E-state index contributed by atoms with van der Waals surface area (Å²) in [7, 11) is 1.63. The molecule has 0 fully saturated rings. The molecule has 1 aromatic heterocycles. The SMILES string of the molecule is C=C(COC)Cn1c(C#N)nc2ccccc21. The van der Waals surface area contributed by atoms with Gasteiger partial charge in [-0.3, -0.25) is 0 Å². The summed E-state index contributed by atoms with van der Waals surface area (Å²) in [5.41, 5.74) is 2.68. The van der Waals surface area contributed by atoms with E-state index < -0.39 is 0 Å². The molecule has 0 aliphatic heterocycles. The van der Waals surface area contributed by atoms with Crippen molar-refractivity contribution in [2.75, 3.05) is 13.7 Å². The molecular formula is C13H13N3O. The van der Waals surface area contributed by atoms with Gasteiger partial charge in [0, 0.05) is 13.7 Å². The highest BCUT2D eigenvalue weighted by Crippen LogP contribution is 2.16. The van der Waals surface area contributed by atoms with Crippen LogP contribution in [-0.2, 0) is 11.3 Å². The number of methoxy groups -OCH3 is 1. The molecule has 0 unspecified atom stereocenters. The van der Waals surface area contributed by atoms with Gasteiger partial charge in [0.05, 0.1) is 17.6 Å². The predicted octanol–water partition coefficient (Wildman–Crippen LogP) is 2.11. The second-order valence-corrected chi connectivity index (χ2v) is 3.81. The van der Waals surface area contributed by atoms with E-state index in [0.717, 1.165) is 16.6 Å². The molecule has 0 spiro atoms. The zero-order valence-corrected chi connectivity index (χ0v) is 9.68. The van der Waals surface area contributed by atoms with Crippen LogP contribution in [0.3, 0.4) is 0 Å². The fraction of sp³-hybridized carbons (Fsp3) is 0.231. The van der Waals surface area contributed by atoms with E-state index in [0.29, 0.717) is 19.0 Å². The van der Waals surface area contributed by atoms with Crippen LogP contribution in [0.4, 0.5) is 0 Å². The van der Waals surface area contributed by atoms with Crippen LogP contribution in [0.5, 0.6) is 0 Å². The monoisotopic (exact) mass is 227 g/mol. The van der Waals surface area contributed by atoms with Crippen molar-refractivity contribution in [3.8, 4) is 6.07 Å². The van der Waals surface area contributed by atoms with Crippen LogP contribution < -0.4 is 0 Å². The number of benzene rings is 1. The van der Waals surface area contributed by atoms with Gasteiger partial charge in [-0.2, -0.15) is 5.26 Å². The molecule has 0 saturated carbocycles. The summed E-state index contributed by atoms with van der Waals surface area (Å²) >= 11 is 0. The number of rotatable bonds is 4. The van der Waals surface area contributed by atoms with Gasteiger partial charge in [-0.1, -0.05) is 18.7 Å². The lowest BCUT2D eigenvalue weighted by Gasteiger charge is -2.07. The number of nitriles is 1. The molecule has 0 bridgehead atoms. The quantitative estimate of drug-likeness (QED) is 0.752. The van der Waals surface area contributed by atoms with Crippen LogP contribution in [0.25, 0.3) is 11.0 Å². The zero-order chi connectivity index (χ0) is 12.3. The van der Waals surface area contributed by atoms with Crippen molar-refractivity contribution >= 4 is 11.0 Å². The van der Waals surface area contributed by atoms with E-state index in [9.17, 15) is 0 Å². The van der Waals surface area contributed by atoms with Crippen LogP contribution in [0.2, 0.25) is 0 Å². The Morgan fingerprint density at radius 2 is 2.29 bits per heavy atom. The lowest BCUT2D eigenvalue weighted by Crippen LogP contribution is -2.06. The van der Waals surface area contributed by atoms with E-state index in [1.54, 1.807) is 7.11 Å². The first-order valence-corrected chi connectivity index (χ1v) is 5.27. The minimum absolute atomic E-state index is 0.406. The summed E-state index contributed by atoms with van der Waals surface area (Å²) in [5.74, 6) is 0.406. The van der Waals surface area contributed by atoms with Gasteiger partial charge in [-0.25, -0.2) is 4.98 Å². The molecule has 0 aliphatic rings. The average molecular weight is 227 g/mol. The van der Waals surface area contributed by atoms with Crippen molar-refractivity contribution in [2.24, 2.45) is 0 Å². The smallest absolute Gasteiger partial charge is 0.214 e. The maximum atomic E-state index is 9.07. The number of fused-ring (bicyclic) bond motifs is 1. The number of nitrogens with zero attached hydrogens (tertiary/aromatic N) is 3. The summed E-state index contributed by atoms with van der Waals surface area (Å²) in [4.78, 5) is 4.26. The highest BCUT2D eigenvalue weighted by Gasteiger charge is 2.10. The maximum Gasteiger partial charge on any atom is 0.214 e. The third-order valence-corrected chi connectivity index (χ3v) is 2.48. The van der Waals surface area contributed by atoms with Crippen LogP contribution in [0.1, 0.15) is 5.82 Å². The van der Waals surface area contributed by atoms with Crippen LogP contribution in [0.15, 0.2) is 36.4 Å². The largest absolute Gasteiger partial charge is 0.380 e. The van der Waals surface area contributed by atoms with Gasteiger partial charge >= 0.3 is 0 Å². The van der Waals surface area contributed by atoms with Gasteiger partial charge in [0.2, 0.25) is 5.82 Å². The van der Waals surface area contributed by atoms with E-state index in [1.165, 1.54) is 0 Å². The lowest BCUT2D eigenvalue weighted by atomic mass is 10.3. The second-order valence-electron chi connectivity index (χ2n) is 3.81. The van der Waals surface area contributed by atoms with E-state index in [1.807, 2.05) is 28.8 Å².